The molecule has 11 rings (SSSR count). The number of ether oxygens (including phenoxy) is 1. The summed E-state index contributed by atoms with van der Waals surface area (Å²) in [6.45, 7) is 5.41. The highest BCUT2D eigenvalue weighted by Gasteiger charge is 2.32. The Balaban J connectivity index is 0.000000166. The van der Waals surface area contributed by atoms with Crippen LogP contribution in [0.3, 0.4) is 0 Å². The van der Waals surface area contributed by atoms with Crippen molar-refractivity contribution in [3.8, 4) is 0 Å². The lowest BCUT2D eigenvalue weighted by Crippen LogP contribution is -2.41. The summed E-state index contributed by atoms with van der Waals surface area (Å²) in [5.74, 6) is 0.814. The van der Waals surface area contributed by atoms with Crippen LogP contribution in [-0.2, 0) is 17.8 Å². The van der Waals surface area contributed by atoms with E-state index in [0.717, 1.165) is 130 Å². The molecule has 0 radical (unpaired) electrons. The molecular weight excluding hydrogens is 900 g/mol. The Morgan fingerprint density at radius 2 is 1.20 bits per heavy atom. The largest absolute Gasteiger partial charge is 0.663 e. The lowest BCUT2D eigenvalue weighted by molar-refractivity contribution is 0.0399. The van der Waals surface area contributed by atoms with E-state index < -0.39 is 0 Å². The zero-order chi connectivity index (χ0) is 46.9. The number of nitrogens with one attached hydrogen (secondary N) is 1. The summed E-state index contributed by atoms with van der Waals surface area (Å²) in [6.07, 6.45) is 42.0. The molecule has 1 N–H and O–H groups in total. The number of rotatable bonds is 11. The molecule has 0 bridgehead atoms. The molecule has 2 aromatic heterocycles. The average molecular weight is 962 g/mol. The van der Waals surface area contributed by atoms with Gasteiger partial charge in [0.15, 0.2) is 0 Å². The molecular formula is C57H62Cl2N8O2-2. The van der Waals surface area contributed by atoms with Crippen molar-refractivity contribution in [1.82, 2.24) is 29.3 Å². The summed E-state index contributed by atoms with van der Waals surface area (Å²) in [7, 11) is 0. The number of piperidine rings is 2. The summed E-state index contributed by atoms with van der Waals surface area (Å²) in [5, 5.41) is 14.9. The molecule has 1 saturated carbocycles. The first-order valence-corrected chi connectivity index (χ1v) is 25.9. The molecule has 3 aliphatic carbocycles. The molecule has 2 aromatic carbocycles. The van der Waals surface area contributed by atoms with Crippen LogP contribution in [0.5, 0.6) is 0 Å². The second kappa shape index (κ2) is 22.3. The van der Waals surface area contributed by atoms with Gasteiger partial charge in [-0.2, -0.15) is 12.4 Å². The second-order valence-corrected chi connectivity index (χ2v) is 20.0. The van der Waals surface area contributed by atoms with Gasteiger partial charge >= 0.3 is 6.09 Å². The minimum absolute atomic E-state index is 0.0891. The predicted octanol–water partition coefficient (Wildman–Crippen LogP) is 14.1. The SMILES string of the molecule is Clc1ccc2c(c1)C=C(CCCn1ccnc1)C1=CC=C[N-]C1=C2C1CCNCC1.O=C(OC1CCCCC1)N1CCC(C2=C3[N-]C=CC=C3C(CCCn3ccnc3)=Cc3cc(Cl)ccc32)CC1. The Kier molecular flexibility index (Phi) is 15.2. The van der Waals surface area contributed by atoms with E-state index in [1.807, 2.05) is 73.0 Å². The summed E-state index contributed by atoms with van der Waals surface area (Å²) >= 11 is 12.9. The molecule has 7 aliphatic rings. The third kappa shape index (κ3) is 11.1. The first kappa shape index (κ1) is 46.9. The Bertz CT molecular complexity index is 2720. The van der Waals surface area contributed by atoms with Gasteiger partial charge < -0.3 is 34.7 Å². The predicted molar refractivity (Wildman–Crippen MR) is 280 cm³/mol. The molecule has 0 atom stereocenters. The molecule has 4 aliphatic heterocycles. The fourth-order valence-corrected chi connectivity index (χ4v) is 11.5. The summed E-state index contributed by atoms with van der Waals surface area (Å²) in [5.41, 5.74) is 14.8. The Morgan fingerprint density at radius 3 is 1.71 bits per heavy atom. The fraction of sp³-hybridized carbons (Fsp3) is 0.386. The highest BCUT2D eigenvalue weighted by Crippen LogP contribution is 2.48. The van der Waals surface area contributed by atoms with Crippen molar-refractivity contribution in [2.45, 2.75) is 103 Å². The second-order valence-electron chi connectivity index (χ2n) is 19.2. The summed E-state index contributed by atoms with van der Waals surface area (Å²) < 4.78 is 10.1. The van der Waals surface area contributed by atoms with Crippen molar-refractivity contribution in [3.63, 3.8) is 0 Å². The number of carbonyl (C=O) groups excluding carboxylic acids is 1. The number of aryl methyl sites for hydroxylation is 2. The van der Waals surface area contributed by atoms with E-state index in [1.165, 1.54) is 56.5 Å². The van der Waals surface area contributed by atoms with Gasteiger partial charge in [0.25, 0.3) is 0 Å². The van der Waals surface area contributed by atoms with E-state index in [9.17, 15) is 4.79 Å². The quantitative estimate of drug-likeness (QED) is 0.161. The third-order valence-corrected chi connectivity index (χ3v) is 15.1. The molecule has 0 unspecified atom stereocenters. The molecule has 358 valence electrons. The molecule has 4 aromatic rings. The van der Waals surface area contributed by atoms with E-state index >= 15 is 0 Å². The number of aromatic nitrogens is 4. The highest BCUT2D eigenvalue weighted by atomic mass is 35.5. The number of hydrogen-bond acceptors (Lipinski definition) is 5. The van der Waals surface area contributed by atoms with Gasteiger partial charge in [0, 0.05) is 61.0 Å². The third-order valence-electron chi connectivity index (χ3n) is 14.7. The number of carbonyl (C=O) groups is 1. The number of hydrogen-bond donors (Lipinski definition) is 1. The highest BCUT2D eigenvalue weighted by molar-refractivity contribution is 6.31. The fourth-order valence-electron chi connectivity index (χ4n) is 11.2. The van der Waals surface area contributed by atoms with E-state index in [1.54, 1.807) is 0 Å². The molecule has 69 heavy (non-hydrogen) atoms. The van der Waals surface area contributed by atoms with Gasteiger partial charge in [-0.3, -0.25) is 0 Å². The standard InChI is InChI=1S/C32H36ClN4O2.C25H26ClN4/c33-26-10-11-28-25(21-26)20-24(6-5-16-36-19-15-34-22-36)29-9-4-14-35-31(29)30(28)23-12-17-37(18-13-23)32(38)39-27-7-2-1-3-8-27;26-21-5-6-22-20(16-21)15-19(3-2-13-30-14-12-28-17-30)23-4-1-9-29-25(23)24(22)18-7-10-27-11-8-18/h4,9-11,14-15,19-23,27H,1-3,5-8,12-13,16-18H2;1,4-6,9,12,14-18,27H,2-3,7-8,10-11,13H2/q2*-1. The van der Waals surface area contributed by atoms with Gasteiger partial charge in [-0.15, -0.1) is 11.4 Å². The number of nitrogens with zero attached hydrogens (tertiary/aromatic N) is 7. The number of likely N-dealkylation sites (tertiary alicyclic amines) is 1. The van der Waals surface area contributed by atoms with Crippen LogP contribution in [0.15, 0.2) is 144 Å². The number of fused-ring (bicyclic) bond motifs is 4. The van der Waals surface area contributed by atoms with Crippen LogP contribution >= 0.6 is 23.2 Å². The Morgan fingerprint density at radius 1 is 0.681 bits per heavy atom. The van der Waals surface area contributed by atoms with Crippen molar-refractivity contribution in [3.05, 3.63) is 187 Å². The van der Waals surface area contributed by atoms with E-state index in [0.29, 0.717) is 24.9 Å². The molecule has 10 nitrogen and oxygen atoms in total. The van der Waals surface area contributed by atoms with Crippen molar-refractivity contribution >= 4 is 52.6 Å². The summed E-state index contributed by atoms with van der Waals surface area (Å²) in [4.78, 5) is 23.2. The molecule has 6 heterocycles. The van der Waals surface area contributed by atoms with Crippen LogP contribution in [0, 0.1) is 11.8 Å². The van der Waals surface area contributed by atoms with Crippen LogP contribution in [0.1, 0.15) is 106 Å². The first-order chi connectivity index (χ1) is 33.9. The number of imidazole rings is 2. The lowest BCUT2D eigenvalue weighted by Gasteiger charge is -2.38. The molecule has 2 saturated heterocycles. The van der Waals surface area contributed by atoms with Crippen LogP contribution < -0.4 is 5.32 Å². The zero-order valence-electron chi connectivity index (χ0n) is 39.4. The molecule has 0 spiro atoms. The van der Waals surface area contributed by atoms with Crippen LogP contribution in [-0.4, -0.2) is 62.4 Å². The van der Waals surface area contributed by atoms with Crippen molar-refractivity contribution in [2.24, 2.45) is 11.8 Å². The maximum absolute atomic E-state index is 12.9. The summed E-state index contributed by atoms with van der Waals surface area (Å²) in [6, 6.07) is 12.5. The maximum atomic E-state index is 12.9. The van der Waals surface area contributed by atoms with Crippen molar-refractivity contribution in [1.29, 1.82) is 0 Å². The van der Waals surface area contributed by atoms with Crippen molar-refractivity contribution in [2.75, 3.05) is 26.2 Å². The Hall–Kier alpha value is -5.81. The maximum Gasteiger partial charge on any atom is 0.410 e. The number of halogens is 2. The molecule has 12 heteroatoms. The molecule has 3 fully saturated rings. The van der Waals surface area contributed by atoms with Crippen LogP contribution in [0.25, 0.3) is 33.9 Å². The van der Waals surface area contributed by atoms with E-state index in [-0.39, 0.29) is 12.2 Å². The van der Waals surface area contributed by atoms with Gasteiger partial charge in [-0.25, -0.2) is 14.8 Å². The minimum atomic E-state index is -0.140. The van der Waals surface area contributed by atoms with E-state index in [2.05, 4.69) is 79.1 Å². The van der Waals surface area contributed by atoms with Gasteiger partial charge in [0.05, 0.1) is 12.7 Å². The van der Waals surface area contributed by atoms with Gasteiger partial charge in [0.1, 0.15) is 6.10 Å². The van der Waals surface area contributed by atoms with Gasteiger partial charge in [-0.1, -0.05) is 89.4 Å². The lowest BCUT2D eigenvalue weighted by atomic mass is 9.81. The smallest absolute Gasteiger partial charge is 0.410 e. The average Bonchev–Trinajstić information content (AvgIpc) is 4.07. The first-order valence-electron chi connectivity index (χ1n) is 25.2. The minimum Gasteiger partial charge on any atom is -0.663 e. The molecule has 1 amide bonds. The van der Waals surface area contributed by atoms with Gasteiger partial charge in [-0.05, 0) is 171 Å². The topological polar surface area (TPSA) is 105 Å². The van der Waals surface area contributed by atoms with Crippen LogP contribution in [0.2, 0.25) is 10.0 Å². The normalized spacial score (nSPS) is 19.5. The Labute approximate surface area is 417 Å². The zero-order valence-corrected chi connectivity index (χ0v) is 40.9. The monoisotopic (exact) mass is 960 g/mol. The van der Waals surface area contributed by atoms with Gasteiger partial charge in [0.2, 0.25) is 0 Å². The number of allylic oxidation sites excluding steroid dienone is 8. The number of benzene rings is 2. The van der Waals surface area contributed by atoms with Crippen molar-refractivity contribution < 1.29 is 9.53 Å². The van der Waals surface area contributed by atoms with Crippen LogP contribution in [0.4, 0.5) is 4.79 Å². The van der Waals surface area contributed by atoms with E-state index in [4.69, 9.17) is 38.6 Å². The number of amides is 1.